The second kappa shape index (κ2) is 5.63. The Morgan fingerprint density at radius 3 is 2.83 bits per heavy atom. The first-order valence-electron chi connectivity index (χ1n) is 5.98. The lowest BCUT2D eigenvalue weighted by atomic mass is 9.92. The number of ether oxygens (including phenoxy) is 1. The summed E-state index contributed by atoms with van der Waals surface area (Å²) in [7, 11) is 0. The molecule has 0 aromatic heterocycles. The number of halogens is 3. The van der Waals surface area contributed by atoms with Gasteiger partial charge in [-0.1, -0.05) is 0 Å². The van der Waals surface area contributed by atoms with Gasteiger partial charge in [-0.05, 0) is 47.8 Å². The van der Waals surface area contributed by atoms with Crippen LogP contribution in [0.1, 0.15) is 18.9 Å². The summed E-state index contributed by atoms with van der Waals surface area (Å²) in [5.41, 5.74) is 6.08. The van der Waals surface area contributed by atoms with Crippen molar-refractivity contribution >= 4 is 15.9 Å². The van der Waals surface area contributed by atoms with Crippen molar-refractivity contribution < 1.29 is 13.5 Å². The summed E-state index contributed by atoms with van der Waals surface area (Å²) in [6, 6.07) is 2.33. The summed E-state index contributed by atoms with van der Waals surface area (Å²) in [5, 5.41) is 0. The fourth-order valence-corrected chi connectivity index (χ4v) is 2.68. The molecule has 3 unspecified atom stereocenters. The molecule has 1 heterocycles. The second-order valence-corrected chi connectivity index (χ2v) is 5.68. The maximum atomic E-state index is 13.8. The number of rotatable bonds is 3. The molecular formula is C13H16BrF2NO. The molecule has 0 bridgehead atoms. The van der Waals surface area contributed by atoms with Gasteiger partial charge in [0.25, 0.3) is 0 Å². The Morgan fingerprint density at radius 1 is 1.50 bits per heavy atom. The zero-order valence-electron chi connectivity index (χ0n) is 10.1. The molecule has 2 rings (SSSR count). The van der Waals surface area contributed by atoms with Gasteiger partial charge in [0.2, 0.25) is 0 Å². The first-order chi connectivity index (χ1) is 8.49. The highest BCUT2D eigenvalue weighted by Gasteiger charge is 2.28. The molecule has 5 heteroatoms. The first kappa shape index (κ1) is 13.9. The van der Waals surface area contributed by atoms with Crippen LogP contribution in [-0.2, 0) is 11.2 Å². The van der Waals surface area contributed by atoms with Crippen molar-refractivity contribution in [3.8, 4) is 0 Å². The first-order valence-corrected chi connectivity index (χ1v) is 6.78. The Balaban J connectivity index is 2.12. The van der Waals surface area contributed by atoms with Crippen molar-refractivity contribution in [2.75, 3.05) is 6.61 Å². The Morgan fingerprint density at radius 2 is 2.22 bits per heavy atom. The number of hydrogen-bond acceptors (Lipinski definition) is 2. The van der Waals surface area contributed by atoms with E-state index in [0.717, 1.165) is 6.42 Å². The molecule has 1 saturated heterocycles. The zero-order valence-corrected chi connectivity index (χ0v) is 11.7. The number of hydrogen-bond donors (Lipinski definition) is 1. The van der Waals surface area contributed by atoms with Crippen molar-refractivity contribution in [3.63, 3.8) is 0 Å². The number of benzene rings is 1. The van der Waals surface area contributed by atoms with E-state index in [0.29, 0.717) is 6.61 Å². The van der Waals surface area contributed by atoms with E-state index in [-0.39, 0.29) is 34.5 Å². The molecule has 0 spiro atoms. The van der Waals surface area contributed by atoms with Crippen molar-refractivity contribution in [3.05, 3.63) is 33.8 Å². The third-order valence-electron chi connectivity index (χ3n) is 3.41. The summed E-state index contributed by atoms with van der Waals surface area (Å²) in [5.74, 6) is -0.937. The quantitative estimate of drug-likeness (QED) is 0.869. The molecule has 2 N–H and O–H groups in total. The van der Waals surface area contributed by atoms with E-state index in [1.165, 1.54) is 12.1 Å². The van der Waals surface area contributed by atoms with E-state index in [1.54, 1.807) is 0 Å². The fraction of sp³-hybridized carbons (Fsp3) is 0.538. The molecule has 3 atom stereocenters. The van der Waals surface area contributed by atoms with Crippen LogP contribution >= 0.6 is 15.9 Å². The van der Waals surface area contributed by atoms with E-state index in [4.69, 9.17) is 10.5 Å². The van der Waals surface area contributed by atoms with Crippen LogP contribution in [0.4, 0.5) is 8.78 Å². The smallest absolute Gasteiger partial charge is 0.143 e. The SMILES string of the molecule is CC1CC(C(N)Cc2c(F)ccc(Br)c2F)CO1. The van der Waals surface area contributed by atoms with Crippen molar-refractivity contribution in [1.29, 1.82) is 0 Å². The molecule has 18 heavy (non-hydrogen) atoms. The average Bonchev–Trinajstić information content (AvgIpc) is 2.76. The maximum absolute atomic E-state index is 13.8. The largest absolute Gasteiger partial charge is 0.378 e. The molecule has 0 aliphatic carbocycles. The zero-order chi connectivity index (χ0) is 13.3. The van der Waals surface area contributed by atoms with Gasteiger partial charge in [-0.2, -0.15) is 0 Å². The Bertz CT molecular complexity index is 441. The third kappa shape index (κ3) is 2.90. The molecular weight excluding hydrogens is 304 g/mol. The Labute approximate surface area is 114 Å². The minimum atomic E-state index is -0.558. The minimum absolute atomic E-state index is 0.0522. The minimum Gasteiger partial charge on any atom is -0.378 e. The highest BCUT2D eigenvalue weighted by molar-refractivity contribution is 9.10. The van der Waals surface area contributed by atoms with E-state index < -0.39 is 11.6 Å². The molecule has 1 aromatic carbocycles. The summed E-state index contributed by atoms with van der Waals surface area (Å²) < 4.78 is 33.1. The van der Waals surface area contributed by atoms with Gasteiger partial charge in [-0.15, -0.1) is 0 Å². The molecule has 0 saturated carbocycles. The third-order valence-corrected chi connectivity index (χ3v) is 4.03. The Kier molecular flexibility index (Phi) is 4.35. The van der Waals surface area contributed by atoms with Crippen LogP contribution in [0.5, 0.6) is 0 Å². The van der Waals surface area contributed by atoms with Gasteiger partial charge in [0, 0.05) is 17.5 Å². The van der Waals surface area contributed by atoms with Crippen molar-refractivity contribution in [2.45, 2.75) is 31.9 Å². The van der Waals surface area contributed by atoms with E-state index in [1.807, 2.05) is 6.92 Å². The summed E-state index contributed by atoms with van der Waals surface area (Å²) in [6.45, 7) is 2.55. The molecule has 0 radical (unpaired) electrons. The van der Waals surface area contributed by atoms with E-state index in [9.17, 15) is 8.78 Å². The van der Waals surface area contributed by atoms with Gasteiger partial charge in [0.1, 0.15) is 11.6 Å². The topological polar surface area (TPSA) is 35.2 Å². The summed E-state index contributed by atoms with van der Waals surface area (Å²) in [4.78, 5) is 0. The average molecular weight is 320 g/mol. The maximum Gasteiger partial charge on any atom is 0.143 e. The molecule has 1 aromatic rings. The highest BCUT2D eigenvalue weighted by atomic mass is 79.9. The molecule has 100 valence electrons. The van der Waals surface area contributed by atoms with Crippen LogP contribution in [-0.4, -0.2) is 18.8 Å². The van der Waals surface area contributed by atoms with Gasteiger partial charge >= 0.3 is 0 Å². The summed E-state index contributed by atoms with van der Waals surface area (Å²) >= 11 is 3.06. The van der Waals surface area contributed by atoms with Crippen molar-refractivity contribution in [2.24, 2.45) is 11.7 Å². The van der Waals surface area contributed by atoms with Gasteiger partial charge < -0.3 is 10.5 Å². The van der Waals surface area contributed by atoms with Gasteiger partial charge in [0.05, 0.1) is 17.2 Å². The second-order valence-electron chi connectivity index (χ2n) is 4.83. The number of nitrogens with two attached hydrogens (primary N) is 1. The summed E-state index contributed by atoms with van der Waals surface area (Å²) in [6.07, 6.45) is 1.22. The predicted molar refractivity (Wildman–Crippen MR) is 69.3 cm³/mol. The molecule has 1 aliphatic rings. The van der Waals surface area contributed by atoms with Crippen LogP contribution in [0, 0.1) is 17.6 Å². The van der Waals surface area contributed by atoms with Gasteiger partial charge in [-0.3, -0.25) is 0 Å². The van der Waals surface area contributed by atoms with Crippen LogP contribution in [0.15, 0.2) is 16.6 Å². The van der Waals surface area contributed by atoms with Crippen molar-refractivity contribution in [1.82, 2.24) is 0 Å². The van der Waals surface area contributed by atoms with E-state index >= 15 is 0 Å². The molecule has 1 aliphatic heterocycles. The lowest BCUT2D eigenvalue weighted by molar-refractivity contribution is 0.118. The highest BCUT2D eigenvalue weighted by Crippen LogP contribution is 2.27. The van der Waals surface area contributed by atoms with E-state index in [2.05, 4.69) is 15.9 Å². The van der Waals surface area contributed by atoms with Crippen LogP contribution in [0.25, 0.3) is 0 Å². The molecule has 2 nitrogen and oxygen atoms in total. The molecule has 1 fully saturated rings. The predicted octanol–water partition coefficient (Wildman–Crippen LogP) is 3.02. The lowest BCUT2D eigenvalue weighted by Crippen LogP contribution is -2.33. The van der Waals surface area contributed by atoms with Crippen LogP contribution in [0.3, 0.4) is 0 Å². The monoisotopic (exact) mass is 319 g/mol. The van der Waals surface area contributed by atoms with Gasteiger partial charge in [0.15, 0.2) is 0 Å². The van der Waals surface area contributed by atoms with Crippen LogP contribution in [0.2, 0.25) is 0 Å². The Hall–Kier alpha value is -0.520. The lowest BCUT2D eigenvalue weighted by Gasteiger charge is -2.18. The fourth-order valence-electron chi connectivity index (χ4n) is 2.31. The van der Waals surface area contributed by atoms with Crippen LogP contribution < -0.4 is 5.73 Å². The standard InChI is InChI=1S/C13H16BrF2NO/c1-7-4-8(6-18-7)12(17)5-9-11(15)3-2-10(14)13(9)16/h2-3,7-8,12H,4-6,17H2,1H3. The molecule has 0 amide bonds. The van der Waals surface area contributed by atoms with Gasteiger partial charge in [-0.25, -0.2) is 8.78 Å². The normalized spacial score (nSPS) is 25.4.